The van der Waals surface area contributed by atoms with E-state index < -0.39 is 10.0 Å². The number of nitrogens with zero attached hydrogens (tertiary/aromatic N) is 1. The monoisotopic (exact) mass is 316 g/mol. The predicted molar refractivity (Wildman–Crippen MR) is 84.8 cm³/mol. The molecule has 0 heterocycles. The highest BCUT2D eigenvalue weighted by Crippen LogP contribution is 2.25. The number of nitrogen functional groups attached to an aromatic ring is 1. The van der Waals surface area contributed by atoms with Gasteiger partial charge in [-0.1, -0.05) is 0 Å². The van der Waals surface area contributed by atoms with Gasteiger partial charge in [0.25, 0.3) is 0 Å². The molecule has 0 fully saturated rings. The van der Waals surface area contributed by atoms with Crippen LogP contribution in [-0.4, -0.2) is 53.7 Å². The number of primary sulfonamides is 1. The van der Waals surface area contributed by atoms with Crippen LogP contribution in [0.3, 0.4) is 0 Å². The first-order chi connectivity index (χ1) is 9.71. The first-order valence-corrected chi connectivity index (χ1v) is 8.15. The zero-order valence-corrected chi connectivity index (χ0v) is 13.5. The predicted octanol–water partition coefficient (Wildman–Crippen LogP) is 0.215. The molecule has 0 spiro atoms. The van der Waals surface area contributed by atoms with E-state index in [0.29, 0.717) is 36.7 Å². The molecule has 5 N–H and O–H groups in total. The molecule has 1 aromatic rings. The lowest BCUT2D eigenvalue weighted by Gasteiger charge is -2.14. The summed E-state index contributed by atoms with van der Waals surface area (Å²) in [6.45, 7) is 4.27. The molecule has 0 saturated carbocycles. The van der Waals surface area contributed by atoms with E-state index in [4.69, 9.17) is 15.6 Å². The summed E-state index contributed by atoms with van der Waals surface area (Å²) >= 11 is 0. The molecular formula is C13H24N4O3S. The Kier molecular flexibility index (Phi) is 6.41. The Morgan fingerprint density at radius 1 is 1.29 bits per heavy atom. The third kappa shape index (κ3) is 5.88. The van der Waals surface area contributed by atoms with E-state index in [2.05, 4.69) is 5.32 Å². The van der Waals surface area contributed by atoms with Crippen LogP contribution in [0, 0.1) is 6.92 Å². The van der Waals surface area contributed by atoms with Gasteiger partial charge < -0.3 is 20.7 Å². The number of nitrogens with two attached hydrogens (primary N) is 2. The molecule has 21 heavy (non-hydrogen) atoms. The van der Waals surface area contributed by atoms with Crippen molar-refractivity contribution in [3.05, 3.63) is 17.7 Å². The van der Waals surface area contributed by atoms with Gasteiger partial charge in [-0.2, -0.15) is 0 Å². The lowest BCUT2D eigenvalue weighted by atomic mass is 10.2. The fraction of sp³-hybridized carbons (Fsp3) is 0.538. The third-order valence-corrected chi connectivity index (χ3v) is 3.97. The summed E-state index contributed by atoms with van der Waals surface area (Å²) in [6.07, 6.45) is 0. The van der Waals surface area contributed by atoms with Gasteiger partial charge in [0, 0.05) is 24.5 Å². The van der Waals surface area contributed by atoms with Gasteiger partial charge in [-0.15, -0.1) is 0 Å². The summed E-state index contributed by atoms with van der Waals surface area (Å²) in [5.41, 5.74) is 7.27. The van der Waals surface area contributed by atoms with E-state index >= 15 is 0 Å². The van der Waals surface area contributed by atoms with Gasteiger partial charge in [0.05, 0.1) is 18.1 Å². The van der Waals surface area contributed by atoms with E-state index in [-0.39, 0.29) is 4.90 Å². The van der Waals surface area contributed by atoms with E-state index in [1.807, 2.05) is 19.0 Å². The first kappa shape index (κ1) is 17.7. The van der Waals surface area contributed by atoms with Crippen molar-refractivity contribution in [2.45, 2.75) is 11.8 Å². The second kappa shape index (κ2) is 7.60. The fourth-order valence-electron chi connectivity index (χ4n) is 1.80. The molecule has 0 aliphatic carbocycles. The molecule has 1 rings (SSSR count). The second-order valence-corrected chi connectivity index (χ2v) is 6.61. The van der Waals surface area contributed by atoms with Gasteiger partial charge in [0.15, 0.2) is 0 Å². The minimum absolute atomic E-state index is 0.0403. The fourth-order valence-corrected chi connectivity index (χ4v) is 2.63. The van der Waals surface area contributed by atoms with Gasteiger partial charge in [0.1, 0.15) is 0 Å². The molecule has 1 aromatic carbocycles. The lowest BCUT2D eigenvalue weighted by Crippen LogP contribution is -2.20. The van der Waals surface area contributed by atoms with Gasteiger partial charge in [-0.3, -0.25) is 0 Å². The average molecular weight is 316 g/mol. The summed E-state index contributed by atoms with van der Waals surface area (Å²) in [7, 11) is 0.173. The number of hydrogen-bond acceptors (Lipinski definition) is 6. The molecule has 120 valence electrons. The molecule has 0 aromatic heterocycles. The second-order valence-electron chi connectivity index (χ2n) is 5.08. The molecule has 0 unspecified atom stereocenters. The molecule has 0 saturated heterocycles. The third-order valence-electron chi connectivity index (χ3n) is 2.93. The molecule has 0 atom stereocenters. The highest BCUT2D eigenvalue weighted by Gasteiger charge is 2.15. The van der Waals surface area contributed by atoms with Crippen molar-refractivity contribution >= 4 is 21.4 Å². The Bertz CT molecular complexity index is 573. The summed E-state index contributed by atoms with van der Waals surface area (Å²) < 4.78 is 28.5. The van der Waals surface area contributed by atoms with E-state index in [0.717, 1.165) is 6.54 Å². The average Bonchev–Trinajstić information content (AvgIpc) is 2.35. The van der Waals surface area contributed by atoms with E-state index in [9.17, 15) is 8.42 Å². The number of likely N-dealkylation sites (N-methyl/N-ethyl adjacent to an activating group) is 1. The highest BCUT2D eigenvalue weighted by atomic mass is 32.2. The number of ether oxygens (including phenoxy) is 1. The van der Waals surface area contributed by atoms with Crippen LogP contribution in [0.25, 0.3) is 0 Å². The van der Waals surface area contributed by atoms with Crippen molar-refractivity contribution in [1.29, 1.82) is 0 Å². The summed E-state index contributed by atoms with van der Waals surface area (Å²) in [5.74, 6) is 0. The molecule has 0 bridgehead atoms. The van der Waals surface area contributed by atoms with Crippen molar-refractivity contribution in [3.8, 4) is 0 Å². The molecule has 0 amide bonds. The normalized spacial score (nSPS) is 11.9. The van der Waals surface area contributed by atoms with Crippen LogP contribution < -0.4 is 16.2 Å². The summed E-state index contributed by atoms with van der Waals surface area (Å²) in [5, 5.41) is 8.29. The Balaban J connectivity index is 2.62. The van der Waals surface area contributed by atoms with Crippen molar-refractivity contribution in [2.75, 3.05) is 51.4 Å². The van der Waals surface area contributed by atoms with Crippen LogP contribution in [0.15, 0.2) is 17.0 Å². The SMILES string of the molecule is Cc1c(NCCOCCN(C)C)cc(N)cc1S(N)(=O)=O. The number of sulfonamides is 1. The maximum atomic E-state index is 11.5. The van der Waals surface area contributed by atoms with Crippen molar-refractivity contribution in [1.82, 2.24) is 4.90 Å². The maximum Gasteiger partial charge on any atom is 0.238 e. The van der Waals surface area contributed by atoms with Gasteiger partial charge in [0.2, 0.25) is 10.0 Å². The number of anilines is 2. The number of nitrogens with one attached hydrogen (secondary N) is 1. The first-order valence-electron chi connectivity index (χ1n) is 6.61. The Morgan fingerprint density at radius 2 is 1.95 bits per heavy atom. The quantitative estimate of drug-likeness (QED) is 0.467. The zero-order valence-electron chi connectivity index (χ0n) is 12.7. The zero-order chi connectivity index (χ0) is 16.0. The van der Waals surface area contributed by atoms with Crippen LogP contribution in [0.1, 0.15) is 5.56 Å². The van der Waals surface area contributed by atoms with Crippen LogP contribution >= 0.6 is 0 Å². The van der Waals surface area contributed by atoms with E-state index in [1.165, 1.54) is 6.07 Å². The number of hydrogen-bond donors (Lipinski definition) is 3. The van der Waals surface area contributed by atoms with Crippen LogP contribution in [0.4, 0.5) is 11.4 Å². The van der Waals surface area contributed by atoms with Crippen LogP contribution in [0.2, 0.25) is 0 Å². The number of rotatable bonds is 8. The Hall–Kier alpha value is -1.35. The highest BCUT2D eigenvalue weighted by molar-refractivity contribution is 7.89. The molecule has 0 radical (unpaired) electrons. The molecule has 7 nitrogen and oxygen atoms in total. The molecule has 0 aliphatic heterocycles. The van der Waals surface area contributed by atoms with Gasteiger partial charge in [-0.05, 0) is 38.7 Å². The van der Waals surface area contributed by atoms with Crippen LogP contribution in [-0.2, 0) is 14.8 Å². The summed E-state index contributed by atoms with van der Waals surface area (Å²) in [4.78, 5) is 2.08. The lowest BCUT2D eigenvalue weighted by molar-refractivity contribution is 0.126. The molecule has 0 aliphatic rings. The maximum absolute atomic E-state index is 11.5. The van der Waals surface area contributed by atoms with Gasteiger partial charge in [-0.25, -0.2) is 13.6 Å². The molecular weight excluding hydrogens is 292 g/mol. The van der Waals surface area contributed by atoms with Crippen molar-refractivity contribution in [3.63, 3.8) is 0 Å². The topological polar surface area (TPSA) is 111 Å². The van der Waals surface area contributed by atoms with Crippen LogP contribution in [0.5, 0.6) is 0 Å². The molecule has 8 heteroatoms. The minimum atomic E-state index is -3.78. The Morgan fingerprint density at radius 3 is 2.52 bits per heavy atom. The summed E-state index contributed by atoms with van der Waals surface area (Å²) in [6, 6.07) is 3.05. The smallest absolute Gasteiger partial charge is 0.238 e. The van der Waals surface area contributed by atoms with Gasteiger partial charge >= 0.3 is 0 Å². The Labute approximate surface area is 126 Å². The van der Waals surface area contributed by atoms with Crippen molar-refractivity contribution < 1.29 is 13.2 Å². The number of benzene rings is 1. The minimum Gasteiger partial charge on any atom is -0.399 e. The van der Waals surface area contributed by atoms with E-state index in [1.54, 1.807) is 13.0 Å². The standard InChI is InChI=1S/C13H24N4O3S/c1-10-12(16-4-6-20-7-5-17(2)3)8-11(14)9-13(10)21(15,18)19/h8-9,16H,4-7,14H2,1-3H3,(H2,15,18,19). The van der Waals surface area contributed by atoms with Crippen molar-refractivity contribution in [2.24, 2.45) is 5.14 Å². The largest absolute Gasteiger partial charge is 0.399 e.